The molecule has 3 N–H and O–H groups in total. The van der Waals surface area contributed by atoms with E-state index in [1.165, 1.54) is 16.4 Å². The van der Waals surface area contributed by atoms with Gasteiger partial charge in [0, 0.05) is 19.6 Å². The average molecular weight is 438 g/mol. The van der Waals surface area contributed by atoms with Gasteiger partial charge >= 0.3 is 0 Å². The van der Waals surface area contributed by atoms with Crippen LogP contribution in [0.3, 0.4) is 0 Å². The predicted octanol–water partition coefficient (Wildman–Crippen LogP) is 1.05. The lowest BCUT2D eigenvalue weighted by atomic mass is 9.99. The molecule has 1 saturated heterocycles. The van der Waals surface area contributed by atoms with Crippen molar-refractivity contribution in [1.29, 1.82) is 0 Å². The number of benzene rings is 2. The van der Waals surface area contributed by atoms with Gasteiger partial charge in [0.2, 0.25) is 26.0 Å². The van der Waals surface area contributed by atoms with E-state index >= 15 is 0 Å². The first-order valence-corrected chi connectivity index (χ1v) is 12.1. The van der Waals surface area contributed by atoms with Crippen molar-refractivity contribution in [2.45, 2.75) is 29.2 Å². The summed E-state index contributed by atoms with van der Waals surface area (Å²) in [4.78, 5) is 12.8. The van der Waals surface area contributed by atoms with Crippen LogP contribution in [0.1, 0.15) is 18.4 Å². The Labute approximate surface area is 170 Å². The Kier molecular flexibility index (Phi) is 6.37. The molecule has 10 heteroatoms. The van der Waals surface area contributed by atoms with Gasteiger partial charge in [0.15, 0.2) is 0 Å². The van der Waals surface area contributed by atoms with Gasteiger partial charge in [-0.25, -0.2) is 22.0 Å². The summed E-state index contributed by atoms with van der Waals surface area (Å²) in [6, 6.07) is 14.1. The maximum absolute atomic E-state index is 12.8. The molecule has 0 spiro atoms. The lowest BCUT2D eigenvalue weighted by molar-refractivity contribution is -0.126. The number of carbonyl (C=O) groups is 1. The number of amides is 1. The van der Waals surface area contributed by atoms with Gasteiger partial charge in [-0.2, -0.15) is 4.31 Å². The molecule has 156 valence electrons. The molecule has 0 aromatic heterocycles. The number of nitrogens with two attached hydrogens (primary N) is 1. The number of nitrogens with one attached hydrogen (secondary N) is 1. The van der Waals surface area contributed by atoms with Crippen LogP contribution in [0.25, 0.3) is 0 Å². The van der Waals surface area contributed by atoms with E-state index in [0.29, 0.717) is 19.4 Å². The van der Waals surface area contributed by atoms with E-state index in [2.05, 4.69) is 5.32 Å². The normalized spacial score (nSPS) is 18.3. The summed E-state index contributed by atoms with van der Waals surface area (Å²) in [6.07, 6.45) is 1.21. The first kappa shape index (κ1) is 21.4. The maximum atomic E-state index is 12.8. The van der Waals surface area contributed by atoms with Gasteiger partial charge < -0.3 is 5.32 Å². The summed E-state index contributed by atoms with van der Waals surface area (Å²) in [6.45, 7) is 0.731. The van der Waals surface area contributed by atoms with Crippen LogP contribution < -0.4 is 10.5 Å². The molecule has 29 heavy (non-hydrogen) atoms. The van der Waals surface area contributed by atoms with Crippen molar-refractivity contribution in [2.24, 2.45) is 11.1 Å². The van der Waals surface area contributed by atoms with Crippen molar-refractivity contribution < 1.29 is 21.6 Å². The van der Waals surface area contributed by atoms with Gasteiger partial charge in [0.25, 0.3) is 0 Å². The minimum atomic E-state index is -3.76. The van der Waals surface area contributed by atoms with Gasteiger partial charge in [-0.1, -0.05) is 30.3 Å². The van der Waals surface area contributed by atoms with E-state index < -0.39 is 26.0 Å². The summed E-state index contributed by atoms with van der Waals surface area (Å²) in [5.74, 6) is -0.667. The van der Waals surface area contributed by atoms with Gasteiger partial charge in [-0.05, 0) is 42.7 Å². The topological polar surface area (TPSA) is 127 Å². The third-order valence-electron chi connectivity index (χ3n) is 4.85. The molecule has 1 atom stereocenters. The number of carbonyl (C=O) groups excluding carboxylic acids is 1. The first-order valence-electron chi connectivity index (χ1n) is 9.12. The molecule has 1 aliphatic rings. The smallest absolute Gasteiger partial charge is 0.243 e. The van der Waals surface area contributed by atoms with Crippen molar-refractivity contribution in [3.8, 4) is 0 Å². The van der Waals surface area contributed by atoms with Gasteiger partial charge in [-0.3, -0.25) is 4.79 Å². The summed E-state index contributed by atoms with van der Waals surface area (Å²) in [5, 5.41) is 7.86. The van der Waals surface area contributed by atoms with Crippen LogP contribution in [0.15, 0.2) is 64.4 Å². The number of hydrogen-bond donors (Lipinski definition) is 2. The molecule has 0 aliphatic carbocycles. The highest BCUT2D eigenvalue weighted by Crippen LogP contribution is 2.24. The number of nitrogens with zero attached hydrogens (tertiary/aromatic N) is 1. The zero-order chi connectivity index (χ0) is 21.1. The Balaban J connectivity index is 1.61. The molecule has 0 radical (unpaired) electrons. The average Bonchev–Trinajstić information content (AvgIpc) is 2.72. The molecular weight excluding hydrogens is 414 g/mol. The SMILES string of the molecule is NS(=O)(=O)c1ccc(CNC(=O)[C@H]2CCCN(S(=O)(=O)c3ccccc3)C2)cc1. The second kappa shape index (κ2) is 8.62. The summed E-state index contributed by atoms with van der Waals surface area (Å²) >= 11 is 0. The monoisotopic (exact) mass is 437 g/mol. The van der Waals surface area contributed by atoms with E-state index in [-0.39, 0.29) is 28.8 Å². The van der Waals surface area contributed by atoms with Crippen LogP contribution in [0.2, 0.25) is 0 Å². The third kappa shape index (κ3) is 5.21. The van der Waals surface area contributed by atoms with E-state index in [1.807, 2.05) is 0 Å². The highest BCUT2D eigenvalue weighted by Gasteiger charge is 2.33. The molecule has 8 nitrogen and oxygen atoms in total. The second-order valence-corrected chi connectivity index (χ2v) is 10.4. The van der Waals surface area contributed by atoms with Crippen LogP contribution in [-0.2, 0) is 31.4 Å². The second-order valence-electron chi connectivity index (χ2n) is 6.92. The molecule has 2 aromatic carbocycles. The Morgan fingerprint density at radius 1 is 1.00 bits per heavy atom. The van der Waals surface area contributed by atoms with Crippen LogP contribution in [-0.4, -0.2) is 40.1 Å². The highest BCUT2D eigenvalue weighted by molar-refractivity contribution is 7.89. The Bertz CT molecular complexity index is 1070. The highest BCUT2D eigenvalue weighted by atomic mass is 32.2. The summed E-state index contributed by atoms with van der Waals surface area (Å²) < 4.78 is 49.5. The van der Waals surface area contributed by atoms with Crippen LogP contribution >= 0.6 is 0 Å². The Morgan fingerprint density at radius 3 is 2.28 bits per heavy atom. The number of sulfonamides is 2. The zero-order valence-electron chi connectivity index (χ0n) is 15.7. The lowest BCUT2D eigenvalue weighted by Crippen LogP contribution is -2.45. The van der Waals surface area contributed by atoms with Crippen LogP contribution in [0.5, 0.6) is 0 Å². The van der Waals surface area contributed by atoms with Gasteiger partial charge in [0.05, 0.1) is 15.7 Å². The zero-order valence-corrected chi connectivity index (χ0v) is 17.3. The van der Waals surface area contributed by atoms with E-state index in [9.17, 15) is 21.6 Å². The fourth-order valence-electron chi connectivity index (χ4n) is 3.25. The maximum Gasteiger partial charge on any atom is 0.243 e. The molecular formula is C19H23N3O5S2. The minimum Gasteiger partial charge on any atom is -0.352 e. The van der Waals surface area contributed by atoms with Crippen LogP contribution in [0, 0.1) is 5.92 Å². The molecule has 0 saturated carbocycles. The van der Waals surface area contributed by atoms with Crippen molar-refractivity contribution in [1.82, 2.24) is 9.62 Å². The quantitative estimate of drug-likeness (QED) is 0.698. The Hall–Kier alpha value is -2.27. The molecule has 0 unspecified atom stereocenters. The van der Waals surface area contributed by atoms with Crippen molar-refractivity contribution in [2.75, 3.05) is 13.1 Å². The van der Waals surface area contributed by atoms with E-state index in [0.717, 1.165) is 5.56 Å². The van der Waals surface area contributed by atoms with E-state index in [1.54, 1.807) is 42.5 Å². The number of rotatable bonds is 6. The van der Waals surface area contributed by atoms with E-state index in [4.69, 9.17) is 5.14 Å². The lowest BCUT2D eigenvalue weighted by Gasteiger charge is -2.31. The molecule has 3 rings (SSSR count). The molecule has 1 heterocycles. The number of primary sulfonamides is 1. The van der Waals surface area contributed by atoms with Crippen molar-refractivity contribution in [3.05, 3.63) is 60.2 Å². The largest absolute Gasteiger partial charge is 0.352 e. The van der Waals surface area contributed by atoms with Crippen molar-refractivity contribution >= 4 is 26.0 Å². The van der Waals surface area contributed by atoms with Gasteiger partial charge in [-0.15, -0.1) is 0 Å². The van der Waals surface area contributed by atoms with Crippen molar-refractivity contribution in [3.63, 3.8) is 0 Å². The standard InChI is InChI=1S/C19H23N3O5S2/c20-28(24,25)17-10-8-15(9-11-17)13-21-19(23)16-5-4-12-22(14-16)29(26,27)18-6-2-1-3-7-18/h1-3,6-11,16H,4-5,12-14H2,(H,21,23)(H2,20,24,25)/t16-/m0/s1. The number of piperidine rings is 1. The third-order valence-corrected chi connectivity index (χ3v) is 7.66. The molecule has 1 amide bonds. The molecule has 1 fully saturated rings. The first-order chi connectivity index (χ1) is 13.7. The van der Waals surface area contributed by atoms with Crippen LogP contribution in [0.4, 0.5) is 0 Å². The fourth-order valence-corrected chi connectivity index (χ4v) is 5.31. The minimum absolute atomic E-state index is 0.00150. The molecule has 2 aromatic rings. The predicted molar refractivity (Wildman–Crippen MR) is 108 cm³/mol. The fraction of sp³-hybridized carbons (Fsp3) is 0.316. The molecule has 1 aliphatic heterocycles. The molecule has 0 bridgehead atoms. The van der Waals surface area contributed by atoms with Gasteiger partial charge in [0.1, 0.15) is 0 Å². The number of hydrogen-bond acceptors (Lipinski definition) is 5. The summed E-state index contributed by atoms with van der Waals surface area (Å²) in [5.41, 5.74) is 0.718. The Morgan fingerprint density at radius 2 is 1.66 bits per heavy atom. The summed E-state index contributed by atoms with van der Waals surface area (Å²) in [7, 11) is -7.39.